The van der Waals surface area contributed by atoms with Crippen LogP contribution in [0.4, 0.5) is 5.69 Å². The molecule has 102 valence electrons. The van der Waals surface area contributed by atoms with Gasteiger partial charge in [-0.3, -0.25) is 0 Å². The molecule has 1 unspecified atom stereocenters. The molecule has 1 atom stereocenters. The Morgan fingerprint density at radius 2 is 2.00 bits per heavy atom. The average Bonchev–Trinajstić information content (AvgIpc) is 2.48. The molecule has 1 aliphatic rings. The highest BCUT2D eigenvalue weighted by Crippen LogP contribution is 2.32. The third kappa shape index (κ3) is 3.27. The molecule has 0 bridgehead atoms. The molecular weight excluding hydrogens is 236 g/mol. The maximum absolute atomic E-state index is 8.80. The molecule has 1 aliphatic heterocycles. The van der Waals surface area contributed by atoms with Crippen molar-refractivity contribution in [1.29, 1.82) is 5.26 Å². The first-order chi connectivity index (χ1) is 9.21. The molecule has 3 heteroatoms. The molecule has 0 amide bonds. The predicted octanol–water partition coefficient (Wildman–Crippen LogP) is 3.71. The largest absolute Gasteiger partial charge is 0.382 e. The van der Waals surface area contributed by atoms with Crippen LogP contribution in [0.5, 0.6) is 0 Å². The Hall–Kier alpha value is -1.53. The van der Waals surface area contributed by atoms with E-state index >= 15 is 0 Å². The Bertz CT molecular complexity index is 443. The van der Waals surface area contributed by atoms with Gasteiger partial charge in [0.05, 0.1) is 17.2 Å². The fraction of sp³-hybridized carbons (Fsp3) is 0.562. The van der Waals surface area contributed by atoms with Crippen molar-refractivity contribution in [3.8, 4) is 6.07 Å². The summed E-state index contributed by atoms with van der Waals surface area (Å²) in [6, 6.07) is 10.3. The summed E-state index contributed by atoms with van der Waals surface area (Å²) in [4.78, 5) is 0. The van der Waals surface area contributed by atoms with E-state index in [9.17, 15) is 0 Å². The zero-order chi connectivity index (χ0) is 13.7. The standard InChI is InChI=1S/C16H22N2O/c1-3-16(4-2)11-15(9-10-19-16)18-14-7-5-13(12-17)6-8-14/h5-8,15,18H,3-4,9-11H2,1-2H3. The first-order valence-electron chi connectivity index (χ1n) is 7.12. The molecule has 19 heavy (non-hydrogen) atoms. The topological polar surface area (TPSA) is 45.0 Å². The highest BCUT2D eigenvalue weighted by atomic mass is 16.5. The minimum Gasteiger partial charge on any atom is -0.382 e. The van der Waals surface area contributed by atoms with Gasteiger partial charge in [-0.15, -0.1) is 0 Å². The zero-order valence-electron chi connectivity index (χ0n) is 11.8. The zero-order valence-corrected chi connectivity index (χ0v) is 11.8. The van der Waals surface area contributed by atoms with Gasteiger partial charge in [0.2, 0.25) is 0 Å². The summed E-state index contributed by atoms with van der Waals surface area (Å²) in [7, 11) is 0. The summed E-state index contributed by atoms with van der Waals surface area (Å²) >= 11 is 0. The molecule has 0 aromatic heterocycles. The van der Waals surface area contributed by atoms with Crippen LogP contribution in [-0.4, -0.2) is 18.2 Å². The van der Waals surface area contributed by atoms with E-state index in [0.717, 1.165) is 38.0 Å². The van der Waals surface area contributed by atoms with Crippen molar-refractivity contribution in [2.75, 3.05) is 11.9 Å². The SMILES string of the molecule is CCC1(CC)CC(Nc2ccc(C#N)cc2)CCO1. The van der Waals surface area contributed by atoms with Crippen LogP contribution < -0.4 is 5.32 Å². The number of anilines is 1. The Labute approximate surface area is 115 Å². The van der Waals surface area contributed by atoms with E-state index in [1.807, 2.05) is 24.3 Å². The summed E-state index contributed by atoms with van der Waals surface area (Å²) in [6.07, 6.45) is 4.23. The molecular formula is C16H22N2O. The van der Waals surface area contributed by atoms with Crippen LogP contribution in [0.1, 0.15) is 45.1 Å². The van der Waals surface area contributed by atoms with Crippen LogP contribution >= 0.6 is 0 Å². The lowest BCUT2D eigenvalue weighted by Gasteiger charge is -2.40. The molecule has 0 saturated carbocycles. The Kier molecular flexibility index (Phi) is 4.44. The minimum atomic E-state index is 0.0442. The number of rotatable bonds is 4. The first-order valence-corrected chi connectivity index (χ1v) is 7.12. The summed E-state index contributed by atoms with van der Waals surface area (Å²) in [5.41, 5.74) is 1.84. The Balaban J connectivity index is 2.00. The number of ether oxygens (including phenoxy) is 1. The van der Waals surface area contributed by atoms with Gasteiger partial charge in [0.1, 0.15) is 0 Å². The molecule has 3 nitrogen and oxygen atoms in total. The van der Waals surface area contributed by atoms with Crippen LogP contribution in [0.25, 0.3) is 0 Å². The molecule has 1 saturated heterocycles. The van der Waals surface area contributed by atoms with Gasteiger partial charge in [-0.25, -0.2) is 0 Å². The normalized spacial score (nSPS) is 21.6. The van der Waals surface area contributed by atoms with Gasteiger partial charge in [-0.05, 0) is 49.9 Å². The average molecular weight is 258 g/mol. The molecule has 2 rings (SSSR count). The van der Waals surface area contributed by atoms with Crippen molar-refractivity contribution in [1.82, 2.24) is 0 Å². The number of hydrogen-bond acceptors (Lipinski definition) is 3. The van der Waals surface area contributed by atoms with E-state index in [1.165, 1.54) is 0 Å². The van der Waals surface area contributed by atoms with E-state index in [2.05, 4.69) is 25.2 Å². The van der Waals surface area contributed by atoms with Crippen LogP contribution in [0, 0.1) is 11.3 Å². The Morgan fingerprint density at radius 3 is 2.58 bits per heavy atom. The quantitative estimate of drug-likeness (QED) is 0.895. The van der Waals surface area contributed by atoms with Crippen molar-refractivity contribution >= 4 is 5.69 Å². The van der Waals surface area contributed by atoms with Crippen molar-refractivity contribution in [3.63, 3.8) is 0 Å². The second-order valence-electron chi connectivity index (χ2n) is 5.26. The van der Waals surface area contributed by atoms with Crippen LogP contribution in [-0.2, 0) is 4.74 Å². The van der Waals surface area contributed by atoms with Crippen LogP contribution in [0.15, 0.2) is 24.3 Å². The summed E-state index contributed by atoms with van der Waals surface area (Å²) < 4.78 is 5.99. The highest BCUT2D eigenvalue weighted by molar-refractivity contribution is 5.47. The fourth-order valence-corrected chi connectivity index (χ4v) is 2.77. The van der Waals surface area contributed by atoms with E-state index < -0.39 is 0 Å². The lowest BCUT2D eigenvalue weighted by Crippen LogP contribution is -2.43. The highest BCUT2D eigenvalue weighted by Gasteiger charge is 2.34. The summed E-state index contributed by atoms with van der Waals surface area (Å²) in [5, 5.41) is 12.4. The smallest absolute Gasteiger partial charge is 0.0991 e. The molecule has 0 spiro atoms. The summed E-state index contributed by atoms with van der Waals surface area (Å²) in [6.45, 7) is 5.23. The van der Waals surface area contributed by atoms with Gasteiger partial charge in [0.25, 0.3) is 0 Å². The van der Waals surface area contributed by atoms with Gasteiger partial charge in [-0.1, -0.05) is 13.8 Å². The van der Waals surface area contributed by atoms with Crippen molar-refractivity contribution in [2.45, 2.75) is 51.2 Å². The van der Waals surface area contributed by atoms with E-state index in [1.54, 1.807) is 0 Å². The number of benzene rings is 1. The molecule has 1 aromatic rings. The molecule has 0 radical (unpaired) electrons. The van der Waals surface area contributed by atoms with E-state index in [-0.39, 0.29) is 5.60 Å². The van der Waals surface area contributed by atoms with Gasteiger partial charge in [0, 0.05) is 18.3 Å². The fourth-order valence-electron chi connectivity index (χ4n) is 2.77. The number of hydrogen-bond donors (Lipinski definition) is 1. The second kappa shape index (κ2) is 6.08. The third-order valence-corrected chi connectivity index (χ3v) is 4.17. The molecule has 1 fully saturated rings. The third-order valence-electron chi connectivity index (χ3n) is 4.17. The lowest BCUT2D eigenvalue weighted by atomic mass is 9.86. The van der Waals surface area contributed by atoms with E-state index in [4.69, 9.17) is 10.00 Å². The molecule has 1 aromatic carbocycles. The molecule has 1 heterocycles. The second-order valence-corrected chi connectivity index (χ2v) is 5.26. The predicted molar refractivity (Wildman–Crippen MR) is 77.1 cm³/mol. The van der Waals surface area contributed by atoms with Crippen LogP contribution in [0.3, 0.4) is 0 Å². The van der Waals surface area contributed by atoms with Crippen molar-refractivity contribution in [2.24, 2.45) is 0 Å². The maximum atomic E-state index is 8.80. The van der Waals surface area contributed by atoms with Gasteiger partial charge >= 0.3 is 0 Å². The lowest BCUT2D eigenvalue weighted by molar-refractivity contribution is -0.0864. The van der Waals surface area contributed by atoms with Gasteiger partial charge in [0.15, 0.2) is 0 Å². The number of nitrogens with zero attached hydrogens (tertiary/aromatic N) is 1. The Morgan fingerprint density at radius 1 is 1.32 bits per heavy atom. The minimum absolute atomic E-state index is 0.0442. The number of nitrogens with one attached hydrogen (secondary N) is 1. The van der Waals surface area contributed by atoms with Crippen molar-refractivity contribution < 1.29 is 4.74 Å². The van der Waals surface area contributed by atoms with Crippen molar-refractivity contribution in [3.05, 3.63) is 29.8 Å². The van der Waals surface area contributed by atoms with E-state index in [0.29, 0.717) is 11.6 Å². The van der Waals surface area contributed by atoms with Gasteiger partial charge < -0.3 is 10.1 Å². The molecule has 0 aliphatic carbocycles. The maximum Gasteiger partial charge on any atom is 0.0991 e. The monoisotopic (exact) mass is 258 g/mol. The van der Waals surface area contributed by atoms with Crippen LogP contribution in [0.2, 0.25) is 0 Å². The van der Waals surface area contributed by atoms with Gasteiger partial charge in [-0.2, -0.15) is 5.26 Å². The molecule has 1 N–H and O–H groups in total. The first kappa shape index (κ1) is 13.9. The summed E-state index contributed by atoms with van der Waals surface area (Å²) in [5.74, 6) is 0. The number of nitriles is 1.